The summed E-state index contributed by atoms with van der Waals surface area (Å²) in [6.45, 7) is 11.7. The average Bonchev–Trinajstić information content (AvgIpc) is 2.84. The summed E-state index contributed by atoms with van der Waals surface area (Å²) in [4.78, 5) is 11.7. The molecule has 2 atom stereocenters. The van der Waals surface area contributed by atoms with Crippen LogP contribution in [0.15, 0.2) is 23.8 Å². The predicted octanol–water partition coefficient (Wildman–Crippen LogP) is 6.07. The number of carbonyl (C=O) groups is 1. The van der Waals surface area contributed by atoms with Crippen LogP contribution in [0.4, 0.5) is 4.79 Å². The van der Waals surface area contributed by atoms with Gasteiger partial charge in [0.05, 0.1) is 23.9 Å². The molecular weight excluding hydrogens is 605 g/mol. The third-order valence-electron chi connectivity index (χ3n) is 7.18. The molecule has 0 bridgehead atoms. The highest BCUT2D eigenvalue weighted by Gasteiger charge is 2.40. The van der Waals surface area contributed by atoms with E-state index >= 15 is 0 Å². The summed E-state index contributed by atoms with van der Waals surface area (Å²) in [5.74, 6) is 1.37. The van der Waals surface area contributed by atoms with Gasteiger partial charge < -0.3 is 33.4 Å². The minimum Gasteiger partial charge on any atom is -0.493 e. The van der Waals surface area contributed by atoms with E-state index in [0.717, 1.165) is 27.5 Å². The SMILES string of the molecule is COC(=O)NCCC1=C[C@@H](O[Si](C)(C)C(C)(C)C)CC[C@@H]1Oc1c(OC)ccc(CC(OC)OC)c1I. The fourth-order valence-electron chi connectivity index (χ4n) is 3.93. The number of rotatable bonds is 12. The molecule has 0 heterocycles. The minimum atomic E-state index is -1.95. The molecule has 1 aromatic rings. The quantitative estimate of drug-likeness (QED) is 0.128. The van der Waals surface area contributed by atoms with Gasteiger partial charge in [-0.2, -0.15) is 0 Å². The fraction of sp³-hybridized carbons (Fsp3) is 0.667. The summed E-state index contributed by atoms with van der Waals surface area (Å²) < 4.78 is 35.6. The molecule has 1 amide bonds. The lowest BCUT2D eigenvalue weighted by atomic mass is 9.92. The molecule has 0 saturated carbocycles. The Morgan fingerprint density at radius 2 is 1.81 bits per heavy atom. The molecule has 0 aliphatic heterocycles. The summed E-state index contributed by atoms with van der Waals surface area (Å²) in [6.07, 6.45) is 4.13. The maximum Gasteiger partial charge on any atom is 0.406 e. The summed E-state index contributed by atoms with van der Waals surface area (Å²) in [5.41, 5.74) is 2.15. The smallest absolute Gasteiger partial charge is 0.406 e. The number of benzene rings is 1. The lowest BCUT2D eigenvalue weighted by Gasteiger charge is -2.40. The molecule has 0 radical (unpaired) electrons. The van der Waals surface area contributed by atoms with Crippen molar-refractivity contribution in [2.24, 2.45) is 0 Å². The topological polar surface area (TPSA) is 84.5 Å². The predicted molar refractivity (Wildman–Crippen MR) is 156 cm³/mol. The molecule has 0 aromatic heterocycles. The first kappa shape index (κ1) is 31.9. The van der Waals surface area contributed by atoms with Crippen LogP contribution in [0, 0.1) is 3.57 Å². The first-order valence-electron chi connectivity index (χ1n) is 12.6. The third kappa shape index (κ3) is 8.84. The molecule has 0 spiro atoms. The van der Waals surface area contributed by atoms with Crippen molar-refractivity contribution in [3.8, 4) is 11.5 Å². The molecule has 37 heavy (non-hydrogen) atoms. The molecule has 10 heteroatoms. The summed E-state index contributed by atoms with van der Waals surface area (Å²) >= 11 is 2.30. The molecule has 1 N–H and O–H groups in total. The average molecular weight is 650 g/mol. The van der Waals surface area contributed by atoms with E-state index in [1.54, 1.807) is 21.3 Å². The number of methoxy groups -OCH3 is 4. The molecule has 1 aliphatic carbocycles. The van der Waals surface area contributed by atoms with Crippen molar-refractivity contribution >= 4 is 37.0 Å². The number of carbonyl (C=O) groups excluding carboxylic acids is 1. The van der Waals surface area contributed by atoms with Crippen LogP contribution in [-0.2, 0) is 25.1 Å². The Hall–Kier alpha value is -1.34. The Morgan fingerprint density at radius 3 is 2.38 bits per heavy atom. The van der Waals surface area contributed by atoms with Crippen LogP contribution in [0.5, 0.6) is 11.5 Å². The van der Waals surface area contributed by atoms with Crippen molar-refractivity contribution in [1.82, 2.24) is 5.32 Å². The van der Waals surface area contributed by atoms with Crippen LogP contribution in [0.1, 0.15) is 45.6 Å². The fourth-order valence-corrected chi connectivity index (χ4v) is 6.02. The van der Waals surface area contributed by atoms with E-state index in [4.69, 9.17) is 28.1 Å². The molecular formula is C27H44INO7Si. The number of ether oxygens (including phenoxy) is 5. The van der Waals surface area contributed by atoms with Crippen molar-refractivity contribution in [3.63, 3.8) is 0 Å². The summed E-state index contributed by atoms with van der Waals surface area (Å²) in [6, 6.07) is 3.93. The van der Waals surface area contributed by atoms with Gasteiger partial charge >= 0.3 is 6.09 Å². The maximum atomic E-state index is 11.7. The second kappa shape index (κ2) is 14.2. The van der Waals surface area contributed by atoms with Crippen LogP contribution >= 0.6 is 22.6 Å². The van der Waals surface area contributed by atoms with Crippen LogP contribution in [0.2, 0.25) is 18.1 Å². The number of hydrogen-bond donors (Lipinski definition) is 1. The lowest BCUT2D eigenvalue weighted by Crippen LogP contribution is -2.44. The molecule has 8 nitrogen and oxygen atoms in total. The largest absolute Gasteiger partial charge is 0.493 e. The van der Waals surface area contributed by atoms with Gasteiger partial charge in [0.25, 0.3) is 0 Å². The number of hydrogen-bond acceptors (Lipinski definition) is 7. The van der Waals surface area contributed by atoms with Gasteiger partial charge in [0.2, 0.25) is 0 Å². The van der Waals surface area contributed by atoms with E-state index in [1.807, 2.05) is 12.1 Å². The Labute approximate surface area is 237 Å². The van der Waals surface area contributed by atoms with Crippen LogP contribution < -0.4 is 14.8 Å². The normalized spacial score (nSPS) is 18.4. The molecule has 1 aliphatic rings. The summed E-state index contributed by atoms with van der Waals surface area (Å²) in [5, 5.41) is 2.90. The van der Waals surface area contributed by atoms with Gasteiger partial charge in [0.1, 0.15) is 6.10 Å². The number of nitrogens with one attached hydrogen (secondary N) is 1. The Morgan fingerprint density at radius 1 is 1.14 bits per heavy atom. The molecule has 210 valence electrons. The molecule has 1 aromatic carbocycles. The van der Waals surface area contributed by atoms with Gasteiger partial charge in [-0.05, 0) is 77.2 Å². The lowest BCUT2D eigenvalue weighted by molar-refractivity contribution is -0.100. The molecule has 2 rings (SSSR count). The number of alkyl carbamates (subject to hydrolysis) is 1. The Balaban J connectivity index is 2.34. The zero-order chi connectivity index (χ0) is 27.8. The maximum absolute atomic E-state index is 11.7. The van der Waals surface area contributed by atoms with Crippen molar-refractivity contribution in [1.29, 1.82) is 0 Å². The van der Waals surface area contributed by atoms with Crippen molar-refractivity contribution < 1.29 is 32.9 Å². The second-order valence-electron chi connectivity index (χ2n) is 10.7. The highest BCUT2D eigenvalue weighted by molar-refractivity contribution is 14.1. The van der Waals surface area contributed by atoms with Gasteiger partial charge in [-0.3, -0.25) is 0 Å². The van der Waals surface area contributed by atoms with Crippen LogP contribution in [-0.4, -0.2) is 67.9 Å². The molecule has 0 saturated heterocycles. The Bertz CT molecular complexity index is 928. The van der Waals surface area contributed by atoms with E-state index in [1.165, 1.54) is 7.11 Å². The van der Waals surface area contributed by atoms with Gasteiger partial charge in [-0.25, -0.2) is 4.79 Å². The van der Waals surface area contributed by atoms with Crippen molar-refractivity contribution in [3.05, 3.63) is 32.9 Å². The standard InChI is InChI=1S/C27H44INO7Si/c1-27(2,3)37(8,9)36-20-11-13-21(18(16-20)14-15-29-26(30)34-7)35-25-22(31-4)12-10-19(24(25)28)17-23(32-5)33-6/h10,12,16,20-21,23H,11,13-15,17H2,1-9H3,(H,29,30)/t20-,21-/m0/s1. The zero-order valence-corrected chi connectivity index (χ0v) is 26.9. The first-order chi connectivity index (χ1) is 17.4. The van der Waals surface area contributed by atoms with Gasteiger partial charge in [-0.15, -0.1) is 0 Å². The highest BCUT2D eigenvalue weighted by atomic mass is 127. The van der Waals surface area contributed by atoms with Gasteiger partial charge in [0.15, 0.2) is 26.1 Å². The van der Waals surface area contributed by atoms with E-state index in [0.29, 0.717) is 30.9 Å². The second-order valence-corrected chi connectivity index (χ2v) is 16.5. The summed E-state index contributed by atoms with van der Waals surface area (Å²) in [7, 11) is 4.32. The van der Waals surface area contributed by atoms with Gasteiger partial charge in [0, 0.05) is 27.2 Å². The minimum absolute atomic E-state index is 0.0188. The van der Waals surface area contributed by atoms with Crippen molar-refractivity contribution in [2.75, 3.05) is 35.0 Å². The van der Waals surface area contributed by atoms with E-state index in [-0.39, 0.29) is 23.5 Å². The van der Waals surface area contributed by atoms with Crippen LogP contribution in [0.3, 0.4) is 0 Å². The first-order valence-corrected chi connectivity index (χ1v) is 16.6. The third-order valence-corrected chi connectivity index (χ3v) is 12.9. The van der Waals surface area contributed by atoms with E-state index in [9.17, 15) is 4.79 Å². The highest BCUT2D eigenvalue weighted by Crippen LogP contribution is 2.41. The van der Waals surface area contributed by atoms with Crippen LogP contribution in [0.25, 0.3) is 0 Å². The van der Waals surface area contributed by atoms with E-state index in [2.05, 4.69) is 67.8 Å². The molecule has 0 unspecified atom stereocenters. The zero-order valence-electron chi connectivity index (χ0n) is 23.7. The number of amides is 1. The molecule has 0 fully saturated rings. The van der Waals surface area contributed by atoms with Gasteiger partial charge in [-0.1, -0.05) is 32.9 Å². The Kier molecular flexibility index (Phi) is 12.2. The monoisotopic (exact) mass is 649 g/mol. The van der Waals surface area contributed by atoms with E-state index < -0.39 is 14.4 Å². The number of halogens is 1. The van der Waals surface area contributed by atoms with Crippen molar-refractivity contribution in [2.45, 2.75) is 83.1 Å².